The number of carboxylic acid groups (broad SMARTS) is 1. The summed E-state index contributed by atoms with van der Waals surface area (Å²) in [6.45, 7) is 2.25. The van der Waals surface area contributed by atoms with Crippen molar-refractivity contribution >= 4 is 5.97 Å². The molecule has 2 rings (SSSR count). The van der Waals surface area contributed by atoms with Crippen LogP contribution in [0.3, 0.4) is 0 Å². The van der Waals surface area contributed by atoms with Crippen LogP contribution in [0.25, 0.3) is 0 Å². The van der Waals surface area contributed by atoms with Crippen LogP contribution in [0.1, 0.15) is 34.3 Å². The summed E-state index contributed by atoms with van der Waals surface area (Å²) in [7, 11) is 0. The Morgan fingerprint density at radius 1 is 1.14 bits per heavy atom. The molecule has 0 saturated carbocycles. The number of rotatable bonds is 6. The first-order valence-corrected chi connectivity index (χ1v) is 6.76. The molecule has 2 aromatic carbocycles. The van der Waals surface area contributed by atoms with E-state index in [1.807, 2.05) is 31.2 Å². The van der Waals surface area contributed by atoms with E-state index in [1.54, 1.807) is 24.3 Å². The van der Waals surface area contributed by atoms with E-state index >= 15 is 0 Å². The van der Waals surface area contributed by atoms with E-state index in [0.29, 0.717) is 11.3 Å². The molecule has 0 unspecified atom stereocenters. The number of hydrogen-bond acceptors (Lipinski definition) is 3. The number of carbonyl (C=O) groups is 1. The Morgan fingerprint density at radius 3 is 2.43 bits per heavy atom. The average molecular weight is 286 g/mol. The fourth-order valence-electron chi connectivity index (χ4n) is 2.01. The highest BCUT2D eigenvalue weighted by molar-refractivity contribution is 5.89. The SMILES string of the molecule is C[C@@H](CO)c1ccc(OCc2ccccc2C(=O)O)cc1. The summed E-state index contributed by atoms with van der Waals surface area (Å²) in [5, 5.41) is 18.2. The van der Waals surface area contributed by atoms with Gasteiger partial charge in [0, 0.05) is 18.1 Å². The van der Waals surface area contributed by atoms with Gasteiger partial charge in [-0.2, -0.15) is 0 Å². The molecule has 4 heteroatoms. The van der Waals surface area contributed by atoms with E-state index in [2.05, 4.69) is 0 Å². The molecule has 21 heavy (non-hydrogen) atoms. The topological polar surface area (TPSA) is 66.8 Å². The number of ether oxygens (including phenoxy) is 1. The zero-order valence-corrected chi connectivity index (χ0v) is 11.8. The third-order valence-corrected chi connectivity index (χ3v) is 3.37. The third kappa shape index (κ3) is 3.83. The Kier molecular flexibility index (Phi) is 4.95. The minimum Gasteiger partial charge on any atom is -0.489 e. The van der Waals surface area contributed by atoms with Gasteiger partial charge in [-0.25, -0.2) is 4.79 Å². The maximum Gasteiger partial charge on any atom is 0.336 e. The van der Waals surface area contributed by atoms with Crippen LogP contribution in [0.4, 0.5) is 0 Å². The molecule has 110 valence electrons. The summed E-state index contributed by atoms with van der Waals surface area (Å²) in [6.07, 6.45) is 0. The fourth-order valence-corrected chi connectivity index (χ4v) is 2.01. The molecule has 0 aliphatic rings. The van der Waals surface area contributed by atoms with Crippen molar-refractivity contribution in [1.29, 1.82) is 0 Å². The highest BCUT2D eigenvalue weighted by atomic mass is 16.5. The number of aromatic carboxylic acids is 1. The average Bonchev–Trinajstić information content (AvgIpc) is 2.52. The molecular formula is C17H18O4. The maximum atomic E-state index is 11.1. The molecule has 0 spiro atoms. The van der Waals surface area contributed by atoms with Crippen LogP contribution in [0.15, 0.2) is 48.5 Å². The normalized spacial score (nSPS) is 11.9. The number of benzene rings is 2. The van der Waals surface area contributed by atoms with Gasteiger partial charge < -0.3 is 14.9 Å². The molecule has 0 aromatic heterocycles. The molecule has 1 atom stereocenters. The molecule has 0 heterocycles. The summed E-state index contributed by atoms with van der Waals surface area (Å²) in [5.74, 6) is -0.197. The third-order valence-electron chi connectivity index (χ3n) is 3.37. The van der Waals surface area contributed by atoms with Gasteiger partial charge >= 0.3 is 5.97 Å². The van der Waals surface area contributed by atoms with Crippen molar-refractivity contribution in [1.82, 2.24) is 0 Å². The molecule has 0 saturated heterocycles. The van der Waals surface area contributed by atoms with Gasteiger partial charge in [0.15, 0.2) is 0 Å². The molecule has 0 bridgehead atoms. The van der Waals surface area contributed by atoms with Crippen molar-refractivity contribution in [2.75, 3.05) is 6.61 Å². The summed E-state index contributed by atoms with van der Waals surface area (Å²) in [4.78, 5) is 11.1. The lowest BCUT2D eigenvalue weighted by molar-refractivity contribution is 0.0694. The number of aliphatic hydroxyl groups is 1. The first-order chi connectivity index (χ1) is 10.1. The van der Waals surface area contributed by atoms with E-state index in [0.717, 1.165) is 5.56 Å². The van der Waals surface area contributed by atoms with Gasteiger partial charge in [0.25, 0.3) is 0 Å². The monoisotopic (exact) mass is 286 g/mol. The minimum atomic E-state index is -0.957. The van der Waals surface area contributed by atoms with Crippen molar-refractivity contribution in [2.45, 2.75) is 19.4 Å². The minimum absolute atomic E-state index is 0.0896. The van der Waals surface area contributed by atoms with Crippen LogP contribution in [0.2, 0.25) is 0 Å². The largest absolute Gasteiger partial charge is 0.489 e. The zero-order chi connectivity index (χ0) is 15.2. The van der Waals surface area contributed by atoms with Crippen molar-refractivity contribution in [3.8, 4) is 5.75 Å². The van der Waals surface area contributed by atoms with Crippen molar-refractivity contribution in [2.24, 2.45) is 0 Å². The molecule has 4 nitrogen and oxygen atoms in total. The zero-order valence-electron chi connectivity index (χ0n) is 11.8. The lowest BCUT2D eigenvalue weighted by Gasteiger charge is -2.11. The van der Waals surface area contributed by atoms with E-state index in [9.17, 15) is 4.79 Å². The summed E-state index contributed by atoms with van der Waals surface area (Å²) >= 11 is 0. The number of aliphatic hydroxyl groups excluding tert-OH is 1. The van der Waals surface area contributed by atoms with Crippen LogP contribution in [-0.2, 0) is 6.61 Å². The van der Waals surface area contributed by atoms with Gasteiger partial charge in [-0.3, -0.25) is 0 Å². The molecular weight excluding hydrogens is 268 g/mol. The second-order valence-corrected chi connectivity index (χ2v) is 4.90. The van der Waals surface area contributed by atoms with E-state index in [4.69, 9.17) is 14.9 Å². The van der Waals surface area contributed by atoms with Crippen LogP contribution in [-0.4, -0.2) is 22.8 Å². The van der Waals surface area contributed by atoms with Gasteiger partial charge in [0.1, 0.15) is 12.4 Å². The van der Waals surface area contributed by atoms with E-state index in [-0.39, 0.29) is 24.7 Å². The predicted molar refractivity (Wildman–Crippen MR) is 79.7 cm³/mol. The lowest BCUT2D eigenvalue weighted by Crippen LogP contribution is -2.05. The maximum absolute atomic E-state index is 11.1. The van der Waals surface area contributed by atoms with Crippen LogP contribution >= 0.6 is 0 Å². The molecule has 0 aliphatic heterocycles. The van der Waals surface area contributed by atoms with Crippen LogP contribution in [0.5, 0.6) is 5.75 Å². The predicted octanol–water partition coefficient (Wildman–Crippen LogP) is 3.06. The van der Waals surface area contributed by atoms with Crippen LogP contribution < -0.4 is 4.74 Å². The summed E-state index contributed by atoms with van der Waals surface area (Å²) < 4.78 is 5.63. The molecule has 0 amide bonds. The quantitative estimate of drug-likeness (QED) is 0.856. The Labute approximate surface area is 123 Å². The standard InChI is InChI=1S/C17H18O4/c1-12(10-18)13-6-8-15(9-7-13)21-11-14-4-2-3-5-16(14)17(19)20/h2-9,12,18H,10-11H2,1H3,(H,19,20)/t12-/m0/s1. The summed E-state index contributed by atoms with van der Waals surface area (Å²) in [5.41, 5.74) is 1.93. The Hall–Kier alpha value is -2.33. The molecule has 0 fully saturated rings. The first kappa shape index (κ1) is 15.1. The molecule has 0 radical (unpaired) electrons. The Bertz CT molecular complexity index is 604. The Morgan fingerprint density at radius 2 is 1.81 bits per heavy atom. The highest BCUT2D eigenvalue weighted by Crippen LogP contribution is 2.20. The van der Waals surface area contributed by atoms with Gasteiger partial charge in [0.05, 0.1) is 5.56 Å². The highest BCUT2D eigenvalue weighted by Gasteiger charge is 2.09. The van der Waals surface area contributed by atoms with E-state index < -0.39 is 5.97 Å². The lowest BCUT2D eigenvalue weighted by atomic mass is 10.0. The number of hydrogen-bond donors (Lipinski definition) is 2. The van der Waals surface area contributed by atoms with Gasteiger partial charge in [-0.1, -0.05) is 37.3 Å². The fraction of sp³-hybridized carbons (Fsp3) is 0.235. The van der Waals surface area contributed by atoms with E-state index in [1.165, 1.54) is 0 Å². The van der Waals surface area contributed by atoms with Crippen molar-refractivity contribution in [3.63, 3.8) is 0 Å². The molecule has 2 aromatic rings. The summed E-state index contributed by atoms with van der Waals surface area (Å²) in [6, 6.07) is 14.2. The van der Waals surface area contributed by atoms with Gasteiger partial charge in [0.2, 0.25) is 0 Å². The second-order valence-electron chi connectivity index (χ2n) is 4.90. The Balaban J connectivity index is 2.05. The smallest absolute Gasteiger partial charge is 0.336 e. The van der Waals surface area contributed by atoms with Gasteiger partial charge in [-0.05, 0) is 23.8 Å². The van der Waals surface area contributed by atoms with Crippen molar-refractivity contribution in [3.05, 3.63) is 65.2 Å². The number of carboxylic acids is 1. The molecule has 0 aliphatic carbocycles. The van der Waals surface area contributed by atoms with Gasteiger partial charge in [-0.15, -0.1) is 0 Å². The first-order valence-electron chi connectivity index (χ1n) is 6.76. The van der Waals surface area contributed by atoms with Crippen LogP contribution in [0, 0.1) is 0 Å². The van der Waals surface area contributed by atoms with Crippen molar-refractivity contribution < 1.29 is 19.7 Å². The molecule has 2 N–H and O–H groups in total. The second kappa shape index (κ2) is 6.90.